The maximum atomic E-state index is 5.50. The second-order valence-corrected chi connectivity index (χ2v) is 3.98. The number of rotatable bonds is 6. The van der Waals surface area contributed by atoms with Crippen LogP contribution in [0.15, 0.2) is 24.5 Å². The summed E-state index contributed by atoms with van der Waals surface area (Å²) in [7, 11) is 3.33. The van der Waals surface area contributed by atoms with Crippen LogP contribution in [0.25, 0.3) is 0 Å². The number of alkyl halides is 1. The van der Waals surface area contributed by atoms with E-state index in [1.807, 2.05) is 12.1 Å². The number of hydrogen-bond donors (Lipinski definition) is 0. The number of hydrogen-bond acceptors (Lipinski definition) is 3. The van der Waals surface area contributed by atoms with Gasteiger partial charge in [-0.3, -0.25) is 4.98 Å². The smallest absolute Gasteiger partial charge is 0.194 e. The molecule has 0 aliphatic carbocycles. The van der Waals surface area contributed by atoms with Gasteiger partial charge in [-0.25, -0.2) is 0 Å². The van der Waals surface area contributed by atoms with Gasteiger partial charge >= 0.3 is 0 Å². The van der Waals surface area contributed by atoms with E-state index in [2.05, 4.69) is 20.9 Å². The van der Waals surface area contributed by atoms with E-state index in [1.54, 1.807) is 26.6 Å². The number of halogens is 1. The minimum Gasteiger partial charge on any atom is -0.349 e. The first-order valence-electron chi connectivity index (χ1n) is 4.86. The number of nitrogens with zero attached hydrogens (tertiary/aromatic N) is 1. The Morgan fingerprint density at radius 2 is 1.87 bits per heavy atom. The summed E-state index contributed by atoms with van der Waals surface area (Å²) >= 11 is 3.41. The molecule has 1 aromatic heterocycles. The third kappa shape index (κ3) is 3.00. The van der Waals surface area contributed by atoms with Crippen LogP contribution in [0.4, 0.5) is 0 Å². The molecule has 0 aromatic carbocycles. The van der Waals surface area contributed by atoms with Gasteiger partial charge in [-0.1, -0.05) is 15.9 Å². The van der Waals surface area contributed by atoms with Crippen molar-refractivity contribution in [2.45, 2.75) is 18.6 Å². The Kier molecular flexibility index (Phi) is 5.22. The first-order valence-corrected chi connectivity index (χ1v) is 5.98. The molecule has 0 atom stereocenters. The van der Waals surface area contributed by atoms with Crippen molar-refractivity contribution in [2.24, 2.45) is 0 Å². The van der Waals surface area contributed by atoms with Crippen molar-refractivity contribution in [2.75, 3.05) is 19.5 Å². The van der Waals surface area contributed by atoms with Crippen LogP contribution in [-0.4, -0.2) is 24.5 Å². The van der Waals surface area contributed by atoms with Gasteiger partial charge in [0.2, 0.25) is 0 Å². The molecule has 0 radical (unpaired) electrons. The summed E-state index contributed by atoms with van der Waals surface area (Å²) in [5.74, 6) is -0.642. The molecule has 0 spiro atoms. The van der Waals surface area contributed by atoms with E-state index in [-0.39, 0.29) is 0 Å². The van der Waals surface area contributed by atoms with Crippen molar-refractivity contribution in [1.29, 1.82) is 0 Å². The van der Waals surface area contributed by atoms with Gasteiger partial charge in [0, 0.05) is 43.9 Å². The number of aromatic nitrogens is 1. The molecule has 1 aromatic rings. The van der Waals surface area contributed by atoms with Crippen LogP contribution in [0.5, 0.6) is 0 Å². The van der Waals surface area contributed by atoms with Gasteiger partial charge in [0.25, 0.3) is 0 Å². The molecule has 0 fully saturated rings. The van der Waals surface area contributed by atoms with Gasteiger partial charge in [0.1, 0.15) is 0 Å². The normalized spacial score (nSPS) is 11.7. The van der Waals surface area contributed by atoms with Crippen LogP contribution < -0.4 is 0 Å². The lowest BCUT2D eigenvalue weighted by atomic mass is 10.0. The molecule has 15 heavy (non-hydrogen) atoms. The monoisotopic (exact) mass is 273 g/mol. The summed E-state index contributed by atoms with van der Waals surface area (Å²) in [5.41, 5.74) is 1.00. The molecule has 84 valence electrons. The Balaban J connectivity index is 2.89. The van der Waals surface area contributed by atoms with Crippen molar-refractivity contribution in [3.63, 3.8) is 0 Å². The van der Waals surface area contributed by atoms with Gasteiger partial charge in [0.15, 0.2) is 5.79 Å². The van der Waals surface area contributed by atoms with Crippen LogP contribution in [0.2, 0.25) is 0 Å². The highest BCUT2D eigenvalue weighted by atomic mass is 79.9. The van der Waals surface area contributed by atoms with Crippen LogP contribution >= 0.6 is 15.9 Å². The molecule has 1 heterocycles. The van der Waals surface area contributed by atoms with Gasteiger partial charge in [0.05, 0.1) is 0 Å². The van der Waals surface area contributed by atoms with Crippen LogP contribution in [0, 0.1) is 0 Å². The fraction of sp³-hybridized carbons (Fsp3) is 0.545. The molecule has 0 saturated heterocycles. The second-order valence-electron chi connectivity index (χ2n) is 3.19. The molecule has 0 aliphatic rings. The van der Waals surface area contributed by atoms with Crippen molar-refractivity contribution in [1.82, 2.24) is 4.98 Å². The van der Waals surface area contributed by atoms with Gasteiger partial charge in [-0.15, -0.1) is 0 Å². The number of ether oxygens (including phenoxy) is 2. The van der Waals surface area contributed by atoms with E-state index >= 15 is 0 Å². The first kappa shape index (κ1) is 12.6. The van der Waals surface area contributed by atoms with E-state index in [0.717, 1.165) is 23.7 Å². The fourth-order valence-electron chi connectivity index (χ4n) is 1.57. The fourth-order valence-corrected chi connectivity index (χ4v) is 1.85. The maximum absolute atomic E-state index is 5.50. The predicted octanol–water partition coefficient (Wildman–Crippen LogP) is 2.70. The highest BCUT2D eigenvalue weighted by molar-refractivity contribution is 9.09. The molecule has 0 saturated carbocycles. The average Bonchev–Trinajstić information content (AvgIpc) is 2.33. The zero-order valence-corrected chi connectivity index (χ0v) is 10.7. The van der Waals surface area contributed by atoms with Crippen LogP contribution in [0.3, 0.4) is 0 Å². The van der Waals surface area contributed by atoms with E-state index in [1.165, 1.54) is 0 Å². The van der Waals surface area contributed by atoms with E-state index < -0.39 is 5.79 Å². The third-order valence-electron chi connectivity index (χ3n) is 2.42. The van der Waals surface area contributed by atoms with Crippen LogP contribution in [-0.2, 0) is 15.3 Å². The van der Waals surface area contributed by atoms with Crippen molar-refractivity contribution < 1.29 is 9.47 Å². The lowest BCUT2D eigenvalue weighted by Gasteiger charge is -2.31. The summed E-state index contributed by atoms with van der Waals surface area (Å²) in [6, 6.07) is 3.84. The summed E-state index contributed by atoms with van der Waals surface area (Å²) in [6.07, 6.45) is 5.30. The second kappa shape index (κ2) is 6.20. The summed E-state index contributed by atoms with van der Waals surface area (Å²) in [4.78, 5) is 3.99. The van der Waals surface area contributed by atoms with Crippen LogP contribution in [0.1, 0.15) is 18.4 Å². The molecule has 4 heteroatoms. The molecule has 0 aliphatic heterocycles. The summed E-state index contributed by atoms with van der Waals surface area (Å²) in [5, 5.41) is 0.937. The minimum absolute atomic E-state index is 0.642. The Hall–Kier alpha value is -0.450. The lowest BCUT2D eigenvalue weighted by Crippen LogP contribution is -2.30. The Labute approximate surface area is 98.9 Å². The Morgan fingerprint density at radius 1 is 1.27 bits per heavy atom. The largest absolute Gasteiger partial charge is 0.349 e. The molecule has 0 bridgehead atoms. The highest BCUT2D eigenvalue weighted by Crippen LogP contribution is 2.30. The first-order chi connectivity index (χ1) is 7.29. The number of methoxy groups -OCH3 is 2. The van der Waals surface area contributed by atoms with Gasteiger partial charge in [-0.2, -0.15) is 0 Å². The molecule has 0 N–H and O–H groups in total. The molecular formula is C11H16BrNO2. The Morgan fingerprint density at radius 3 is 2.33 bits per heavy atom. The van der Waals surface area contributed by atoms with Crippen molar-refractivity contribution >= 4 is 15.9 Å². The molecule has 0 unspecified atom stereocenters. The van der Waals surface area contributed by atoms with Crippen molar-refractivity contribution in [3.8, 4) is 0 Å². The molecule has 3 nitrogen and oxygen atoms in total. The summed E-state index contributed by atoms with van der Waals surface area (Å²) < 4.78 is 11.0. The predicted molar refractivity (Wildman–Crippen MR) is 63.0 cm³/mol. The van der Waals surface area contributed by atoms with Gasteiger partial charge in [-0.05, 0) is 18.6 Å². The quantitative estimate of drug-likeness (QED) is 0.590. The lowest BCUT2D eigenvalue weighted by molar-refractivity contribution is -0.220. The average molecular weight is 274 g/mol. The SMILES string of the molecule is COC(CCCBr)(OC)c1ccncc1. The topological polar surface area (TPSA) is 31.4 Å². The molecular weight excluding hydrogens is 258 g/mol. The molecule has 0 amide bonds. The standard InChI is InChI=1S/C11H16BrNO2/c1-14-11(15-2,6-3-7-12)10-4-8-13-9-5-10/h4-5,8-9H,3,6-7H2,1-2H3. The van der Waals surface area contributed by atoms with E-state index in [9.17, 15) is 0 Å². The minimum atomic E-state index is -0.642. The third-order valence-corrected chi connectivity index (χ3v) is 2.98. The van der Waals surface area contributed by atoms with E-state index in [4.69, 9.17) is 9.47 Å². The maximum Gasteiger partial charge on any atom is 0.194 e. The van der Waals surface area contributed by atoms with Crippen molar-refractivity contribution in [3.05, 3.63) is 30.1 Å². The molecule has 1 rings (SSSR count). The zero-order chi connectivity index (χ0) is 11.1. The highest BCUT2D eigenvalue weighted by Gasteiger charge is 2.31. The summed E-state index contributed by atoms with van der Waals surface area (Å²) in [6.45, 7) is 0. The zero-order valence-electron chi connectivity index (χ0n) is 9.07. The van der Waals surface area contributed by atoms with Gasteiger partial charge < -0.3 is 9.47 Å². The van der Waals surface area contributed by atoms with E-state index in [0.29, 0.717) is 0 Å². The number of pyridine rings is 1. The Bertz CT molecular complexity index is 275.